The number of benzene rings is 9. The maximum Gasteiger partial charge on any atom is 0.0540 e. The van der Waals surface area contributed by atoms with Gasteiger partial charge in [-0.15, -0.1) is 6.58 Å². The van der Waals surface area contributed by atoms with Gasteiger partial charge in [-0.2, -0.15) is 0 Å². The van der Waals surface area contributed by atoms with Crippen LogP contribution < -0.4 is 4.90 Å². The highest BCUT2D eigenvalue weighted by atomic mass is 15.2. The zero-order chi connectivity index (χ0) is 38.6. The summed E-state index contributed by atoms with van der Waals surface area (Å²) < 4.78 is 0. The van der Waals surface area contributed by atoms with Gasteiger partial charge < -0.3 is 4.90 Å². The largest absolute Gasteiger partial charge is 0.309 e. The molecule has 272 valence electrons. The molecule has 10 rings (SSSR count). The normalized spacial score (nSPS) is 14.9. The van der Waals surface area contributed by atoms with Gasteiger partial charge >= 0.3 is 0 Å². The number of anilines is 3. The van der Waals surface area contributed by atoms with Gasteiger partial charge in [-0.05, 0) is 94.7 Å². The fourth-order valence-electron chi connectivity index (χ4n) is 9.75. The number of rotatable bonds is 5. The van der Waals surface area contributed by atoms with Crippen molar-refractivity contribution in [2.45, 2.75) is 57.8 Å². The average molecular weight is 722 g/mol. The van der Waals surface area contributed by atoms with Crippen molar-refractivity contribution >= 4 is 60.2 Å². The number of hydrogen-bond acceptors (Lipinski definition) is 1. The van der Waals surface area contributed by atoms with E-state index in [1.165, 1.54) is 99.1 Å². The molecular formula is C55H47N. The van der Waals surface area contributed by atoms with Crippen LogP contribution in [0.5, 0.6) is 0 Å². The quantitative estimate of drug-likeness (QED) is 0.0972. The number of fused-ring (bicyclic) bond motifs is 4. The van der Waals surface area contributed by atoms with Crippen molar-refractivity contribution in [3.05, 3.63) is 187 Å². The molecule has 1 heteroatoms. The third-order valence-corrected chi connectivity index (χ3v) is 13.7. The van der Waals surface area contributed by atoms with Crippen molar-refractivity contribution < 1.29 is 0 Å². The highest BCUT2D eigenvalue weighted by molar-refractivity contribution is 6.35. The van der Waals surface area contributed by atoms with Gasteiger partial charge in [0.1, 0.15) is 0 Å². The van der Waals surface area contributed by atoms with Gasteiger partial charge in [0, 0.05) is 33.2 Å². The first kappa shape index (κ1) is 34.3. The lowest BCUT2D eigenvalue weighted by Gasteiger charge is -2.42. The predicted octanol–water partition coefficient (Wildman–Crippen LogP) is 15.6. The summed E-state index contributed by atoms with van der Waals surface area (Å²) in [7, 11) is 0. The zero-order valence-corrected chi connectivity index (χ0v) is 33.2. The summed E-state index contributed by atoms with van der Waals surface area (Å²) in [6, 6.07) is 59.3. The molecule has 0 aliphatic carbocycles. The van der Waals surface area contributed by atoms with Crippen LogP contribution in [0.1, 0.15) is 58.2 Å². The van der Waals surface area contributed by atoms with E-state index in [2.05, 4.69) is 211 Å². The molecule has 1 nitrogen and oxygen atoms in total. The second-order valence-corrected chi connectivity index (χ2v) is 17.4. The molecule has 0 N–H and O–H groups in total. The van der Waals surface area contributed by atoms with Crippen LogP contribution in [0.2, 0.25) is 0 Å². The smallest absolute Gasteiger partial charge is 0.0540 e. The maximum atomic E-state index is 4.08. The predicted molar refractivity (Wildman–Crippen MR) is 242 cm³/mol. The van der Waals surface area contributed by atoms with E-state index in [-0.39, 0.29) is 16.2 Å². The van der Waals surface area contributed by atoms with Crippen LogP contribution in [-0.4, -0.2) is 0 Å². The first-order chi connectivity index (χ1) is 27.0. The van der Waals surface area contributed by atoms with E-state index in [0.29, 0.717) is 0 Å². The van der Waals surface area contributed by atoms with Gasteiger partial charge in [0.05, 0.1) is 5.69 Å². The second-order valence-electron chi connectivity index (χ2n) is 17.4. The molecule has 0 unspecified atom stereocenters. The summed E-state index contributed by atoms with van der Waals surface area (Å²) in [6.07, 6.45) is 2.03. The van der Waals surface area contributed by atoms with Gasteiger partial charge in [-0.1, -0.05) is 187 Å². The molecule has 1 aliphatic rings. The van der Waals surface area contributed by atoms with E-state index in [4.69, 9.17) is 0 Å². The number of para-hydroxylation sites is 3. The van der Waals surface area contributed by atoms with E-state index in [1.807, 2.05) is 6.08 Å². The summed E-state index contributed by atoms with van der Waals surface area (Å²) >= 11 is 0. The molecule has 1 aliphatic heterocycles. The van der Waals surface area contributed by atoms with Gasteiger partial charge in [-0.3, -0.25) is 0 Å². The third-order valence-electron chi connectivity index (χ3n) is 13.7. The Kier molecular flexibility index (Phi) is 7.45. The number of allylic oxidation sites excluding steroid dienone is 1. The summed E-state index contributed by atoms with van der Waals surface area (Å²) in [5.41, 5.74) is 12.3. The summed E-state index contributed by atoms with van der Waals surface area (Å²) in [6.45, 7) is 18.1. The molecule has 0 fully saturated rings. The lowest BCUT2D eigenvalue weighted by Crippen LogP contribution is -2.39. The first-order valence-corrected chi connectivity index (χ1v) is 20.0. The zero-order valence-electron chi connectivity index (χ0n) is 33.2. The monoisotopic (exact) mass is 721 g/mol. The topological polar surface area (TPSA) is 3.24 Å². The molecule has 0 atom stereocenters. The van der Waals surface area contributed by atoms with Crippen LogP contribution in [0.25, 0.3) is 65.3 Å². The van der Waals surface area contributed by atoms with Crippen molar-refractivity contribution in [1.82, 2.24) is 0 Å². The van der Waals surface area contributed by atoms with Crippen molar-refractivity contribution in [2.75, 3.05) is 4.90 Å². The van der Waals surface area contributed by atoms with E-state index in [1.54, 1.807) is 0 Å². The Morgan fingerprint density at radius 1 is 0.429 bits per heavy atom. The number of hydrogen-bond donors (Lipinski definition) is 0. The molecule has 0 radical (unpaired) electrons. The van der Waals surface area contributed by atoms with Crippen molar-refractivity contribution in [2.24, 2.45) is 0 Å². The molecule has 0 saturated carbocycles. The minimum atomic E-state index is -0.121. The molecule has 1 heterocycles. The summed E-state index contributed by atoms with van der Waals surface area (Å²) in [4.78, 5) is 2.54. The van der Waals surface area contributed by atoms with Crippen molar-refractivity contribution in [3.63, 3.8) is 0 Å². The van der Waals surface area contributed by atoms with Crippen LogP contribution >= 0.6 is 0 Å². The van der Waals surface area contributed by atoms with Crippen LogP contribution in [0.3, 0.4) is 0 Å². The Labute approximate surface area is 330 Å². The SMILES string of the molecule is C=CC(C)(C)c1ccc(-c2ccc3c4ccc(-c5ccccc5N5c6ccccc6C(C)(C)C(C)(C)c6ccccc65)c5cccc(c6cccc2c63)c54)cc1. The first-order valence-electron chi connectivity index (χ1n) is 20.0. The average Bonchev–Trinajstić information content (AvgIpc) is 3.28. The molecule has 56 heavy (non-hydrogen) atoms. The van der Waals surface area contributed by atoms with Crippen LogP contribution in [0, 0.1) is 0 Å². The minimum absolute atomic E-state index is 0.0733. The van der Waals surface area contributed by atoms with Crippen LogP contribution in [0.4, 0.5) is 17.1 Å². The van der Waals surface area contributed by atoms with E-state index < -0.39 is 0 Å². The summed E-state index contributed by atoms with van der Waals surface area (Å²) in [5.74, 6) is 0. The molecule has 0 spiro atoms. The van der Waals surface area contributed by atoms with E-state index in [9.17, 15) is 0 Å². The molecule has 0 saturated heterocycles. The lowest BCUT2D eigenvalue weighted by atomic mass is 9.61. The Hall–Kier alpha value is -6.18. The Balaban J connectivity index is 1.21. The molecule has 9 aromatic rings. The lowest BCUT2D eigenvalue weighted by molar-refractivity contribution is 0.307. The Morgan fingerprint density at radius 3 is 1.43 bits per heavy atom. The standard InChI is InChI=1S/C55H47N/c1-8-53(2,3)36-29-27-35(28-30-36)37-31-33-44-45-34-32-38(41-19-16-21-43(52(41)45)42-20-15-18-40(37)51(42)44)39-17-9-12-24-48(39)56-49-25-13-10-22-46(49)54(4,5)55(6,7)47-23-11-14-26-50(47)56/h8-34H,1H2,2-7H3. The molecule has 0 amide bonds. The van der Waals surface area contributed by atoms with Gasteiger partial charge in [0.25, 0.3) is 0 Å². The van der Waals surface area contributed by atoms with Crippen molar-refractivity contribution in [1.29, 1.82) is 0 Å². The maximum absolute atomic E-state index is 4.08. The van der Waals surface area contributed by atoms with Gasteiger partial charge in [0.2, 0.25) is 0 Å². The van der Waals surface area contributed by atoms with E-state index >= 15 is 0 Å². The minimum Gasteiger partial charge on any atom is -0.309 e. The van der Waals surface area contributed by atoms with Crippen molar-refractivity contribution in [3.8, 4) is 22.3 Å². The Bertz CT molecular complexity index is 2930. The fourth-order valence-corrected chi connectivity index (χ4v) is 9.75. The van der Waals surface area contributed by atoms with E-state index in [0.717, 1.165) is 0 Å². The second kappa shape index (κ2) is 12.2. The molecular weight excluding hydrogens is 675 g/mol. The Morgan fingerprint density at radius 2 is 0.875 bits per heavy atom. The number of nitrogens with zero attached hydrogens (tertiary/aromatic N) is 1. The molecule has 0 aromatic heterocycles. The third kappa shape index (κ3) is 4.73. The molecule has 9 aromatic carbocycles. The highest BCUT2D eigenvalue weighted by Crippen LogP contribution is 2.57. The van der Waals surface area contributed by atoms with Gasteiger partial charge in [0.15, 0.2) is 0 Å². The van der Waals surface area contributed by atoms with Crippen LogP contribution in [0.15, 0.2) is 170 Å². The van der Waals surface area contributed by atoms with Gasteiger partial charge in [-0.25, -0.2) is 0 Å². The van der Waals surface area contributed by atoms with Crippen LogP contribution in [-0.2, 0) is 16.2 Å². The summed E-state index contributed by atoms with van der Waals surface area (Å²) in [5, 5.41) is 10.4. The highest BCUT2D eigenvalue weighted by Gasteiger charge is 2.46. The fraction of sp³-hybridized carbons (Fsp3) is 0.164. The molecule has 0 bridgehead atoms.